The maximum Gasteiger partial charge on any atom is 0.0953 e. The summed E-state index contributed by atoms with van der Waals surface area (Å²) in [6, 6.07) is 0.526. The molecule has 0 amide bonds. The molecule has 4 heteroatoms. The van der Waals surface area contributed by atoms with E-state index in [1.807, 2.05) is 17.5 Å². The zero-order valence-electron chi connectivity index (χ0n) is 10.0. The van der Waals surface area contributed by atoms with E-state index in [1.54, 1.807) is 0 Å². The first-order chi connectivity index (χ1) is 7.75. The zero-order chi connectivity index (χ0) is 11.4. The van der Waals surface area contributed by atoms with Crippen LogP contribution >= 0.6 is 11.3 Å². The Balaban J connectivity index is 1.79. The SMILES string of the molecule is CC(C)c1ncc(CNC2CCCOC2)s1. The van der Waals surface area contributed by atoms with Gasteiger partial charge in [0.1, 0.15) is 0 Å². The van der Waals surface area contributed by atoms with Crippen LogP contribution in [0.5, 0.6) is 0 Å². The van der Waals surface area contributed by atoms with E-state index < -0.39 is 0 Å². The van der Waals surface area contributed by atoms with Crippen LogP contribution in [0.1, 0.15) is 42.5 Å². The molecule has 0 spiro atoms. The lowest BCUT2D eigenvalue weighted by molar-refractivity contribution is 0.0700. The van der Waals surface area contributed by atoms with Gasteiger partial charge in [0.15, 0.2) is 0 Å². The molecule has 90 valence electrons. The Labute approximate surface area is 101 Å². The first-order valence-corrected chi connectivity index (χ1v) is 6.83. The second kappa shape index (κ2) is 5.75. The standard InChI is InChI=1S/C12H20N2OS/c1-9(2)12-14-7-11(16-12)6-13-10-4-3-5-15-8-10/h7,9-10,13H,3-6,8H2,1-2H3. The summed E-state index contributed by atoms with van der Waals surface area (Å²) in [5, 5.41) is 4.77. The summed E-state index contributed by atoms with van der Waals surface area (Å²) in [6.07, 6.45) is 4.41. The molecule has 1 atom stereocenters. The molecule has 0 aliphatic carbocycles. The van der Waals surface area contributed by atoms with Crippen molar-refractivity contribution >= 4 is 11.3 Å². The van der Waals surface area contributed by atoms with Crippen molar-refractivity contribution < 1.29 is 4.74 Å². The Morgan fingerprint density at radius 3 is 3.12 bits per heavy atom. The molecule has 1 N–H and O–H groups in total. The molecule has 16 heavy (non-hydrogen) atoms. The van der Waals surface area contributed by atoms with Gasteiger partial charge in [-0.3, -0.25) is 0 Å². The summed E-state index contributed by atoms with van der Waals surface area (Å²) in [6.45, 7) is 7.08. The van der Waals surface area contributed by atoms with Crippen molar-refractivity contribution in [2.24, 2.45) is 0 Å². The molecule has 1 aromatic heterocycles. The Morgan fingerprint density at radius 1 is 1.62 bits per heavy atom. The number of nitrogens with one attached hydrogen (secondary N) is 1. The summed E-state index contributed by atoms with van der Waals surface area (Å²) >= 11 is 1.82. The minimum absolute atomic E-state index is 0.526. The van der Waals surface area contributed by atoms with E-state index in [-0.39, 0.29) is 0 Å². The highest BCUT2D eigenvalue weighted by atomic mass is 32.1. The van der Waals surface area contributed by atoms with Crippen LogP contribution in [0.4, 0.5) is 0 Å². The molecule has 1 saturated heterocycles. The van der Waals surface area contributed by atoms with Crippen LogP contribution in [-0.2, 0) is 11.3 Å². The third kappa shape index (κ3) is 3.27. The zero-order valence-corrected chi connectivity index (χ0v) is 10.8. The van der Waals surface area contributed by atoms with Crippen molar-refractivity contribution in [1.82, 2.24) is 10.3 Å². The molecule has 1 aliphatic heterocycles. The Kier molecular flexibility index (Phi) is 4.32. The summed E-state index contributed by atoms with van der Waals surface area (Å²) in [7, 11) is 0. The number of hydrogen-bond acceptors (Lipinski definition) is 4. The average molecular weight is 240 g/mol. The molecule has 1 aliphatic rings. The smallest absolute Gasteiger partial charge is 0.0953 e. The second-order valence-corrected chi connectivity index (χ2v) is 5.76. The van der Waals surface area contributed by atoms with E-state index >= 15 is 0 Å². The maximum atomic E-state index is 5.44. The van der Waals surface area contributed by atoms with E-state index in [4.69, 9.17) is 4.74 Å². The minimum Gasteiger partial charge on any atom is -0.380 e. The normalized spacial score (nSPS) is 21.6. The minimum atomic E-state index is 0.526. The maximum absolute atomic E-state index is 5.44. The predicted octanol–water partition coefficient (Wildman–Crippen LogP) is 2.54. The van der Waals surface area contributed by atoms with Gasteiger partial charge >= 0.3 is 0 Å². The fourth-order valence-electron chi connectivity index (χ4n) is 1.82. The van der Waals surface area contributed by atoms with E-state index in [0.29, 0.717) is 12.0 Å². The number of hydrogen-bond donors (Lipinski definition) is 1. The Bertz CT molecular complexity index is 319. The highest BCUT2D eigenvalue weighted by molar-refractivity contribution is 7.11. The number of ether oxygens (including phenoxy) is 1. The highest BCUT2D eigenvalue weighted by Crippen LogP contribution is 2.21. The molecule has 0 saturated carbocycles. The summed E-state index contributed by atoms with van der Waals surface area (Å²) < 4.78 is 5.44. The topological polar surface area (TPSA) is 34.2 Å². The second-order valence-electron chi connectivity index (χ2n) is 4.61. The van der Waals surface area contributed by atoms with Crippen LogP contribution in [0.25, 0.3) is 0 Å². The summed E-state index contributed by atoms with van der Waals surface area (Å²) in [4.78, 5) is 5.75. The van der Waals surface area contributed by atoms with Gasteiger partial charge in [-0.05, 0) is 12.8 Å². The molecule has 1 unspecified atom stereocenters. The monoisotopic (exact) mass is 240 g/mol. The average Bonchev–Trinajstić information content (AvgIpc) is 2.76. The summed E-state index contributed by atoms with van der Waals surface area (Å²) in [5.41, 5.74) is 0. The molecule has 2 rings (SSSR count). The van der Waals surface area contributed by atoms with Crippen molar-refractivity contribution in [3.8, 4) is 0 Å². The van der Waals surface area contributed by atoms with Crippen LogP contribution in [0, 0.1) is 0 Å². The molecule has 0 bridgehead atoms. The van der Waals surface area contributed by atoms with Crippen LogP contribution in [0.3, 0.4) is 0 Å². The van der Waals surface area contributed by atoms with Gasteiger partial charge in [0.2, 0.25) is 0 Å². The van der Waals surface area contributed by atoms with Crippen LogP contribution in [-0.4, -0.2) is 24.2 Å². The van der Waals surface area contributed by atoms with Gasteiger partial charge in [0.05, 0.1) is 11.6 Å². The molecular formula is C12H20N2OS. The third-order valence-corrected chi connectivity index (χ3v) is 4.09. The van der Waals surface area contributed by atoms with Crippen LogP contribution < -0.4 is 5.32 Å². The van der Waals surface area contributed by atoms with E-state index in [0.717, 1.165) is 19.8 Å². The fourth-order valence-corrected chi connectivity index (χ4v) is 2.69. The van der Waals surface area contributed by atoms with Crippen LogP contribution in [0.2, 0.25) is 0 Å². The van der Waals surface area contributed by atoms with Gasteiger partial charge in [0.25, 0.3) is 0 Å². The Hall–Kier alpha value is -0.450. The molecular weight excluding hydrogens is 220 g/mol. The predicted molar refractivity (Wildman–Crippen MR) is 66.9 cm³/mol. The fraction of sp³-hybridized carbons (Fsp3) is 0.750. The van der Waals surface area contributed by atoms with Gasteiger partial charge in [-0.2, -0.15) is 0 Å². The van der Waals surface area contributed by atoms with Gasteiger partial charge in [-0.25, -0.2) is 4.98 Å². The lowest BCUT2D eigenvalue weighted by Crippen LogP contribution is -2.36. The lowest BCUT2D eigenvalue weighted by Gasteiger charge is -2.22. The third-order valence-electron chi connectivity index (χ3n) is 2.79. The van der Waals surface area contributed by atoms with Gasteiger partial charge in [-0.15, -0.1) is 11.3 Å². The quantitative estimate of drug-likeness (QED) is 0.878. The molecule has 2 heterocycles. The number of aromatic nitrogens is 1. The number of nitrogens with zero attached hydrogens (tertiary/aromatic N) is 1. The molecule has 3 nitrogen and oxygen atoms in total. The van der Waals surface area contributed by atoms with Crippen molar-refractivity contribution in [1.29, 1.82) is 0 Å². The van der Waals surface area contributed by atoms with Crippen molar-refractivity contribution in [2.45, 2.75) is 45.2 Å². The van der Waals surface area contributed by atoms with Crippen molar-refractivity contribution in [3.05, 3.63) is 16.1 Å². The number of rotatable bonds is 4. The number of thiazole rings is 1. The van der Waals surface area contributed by atoms with Crippen molar-refractivity contribution in [2.75, 3.05) is 13.2 Å². The molecule has 0 aromatic carbocycles. The van der Waals surface area contributed by atoms with Gasteiger partial charge in [-0.1, -0.05) is 13.8 Å². The molecule has 1 aromatic rings. The first kappa shape index (κ1) is 12.0. The van der Waals surface area contributed by atoms with E-state index in [9.17, 15) is 0 Å². The lowest BCUT2D eigenvalue weighted by atomic mass is 10.1. The molecule has 0 radical (unpaired) electrons. The first-order valence-electron chi connectivity index (χ1n) is 6.01. The summed E-state index contributed by atoms with van der Waals surface area (Å²) in [5.74, 6) is 0.539. The van der Waals surface area contributed by atoms with Gasteiger partial charge < -0.3 is 10.1 Å². The molecule has 1 fully saturated rings. The highest BCUT2D eigenvalue weighted by Gasteiger charge is 2.13. The van der Waals surface area contributed by atoms with E-state index in [1.165, 1.54) is 22.7 Å². The van der Waals surface area contributed by atoms with E-state index in [2.05, 4.69) is 24.1 Å². The van der Waals surface area contributed by atoms with Gasteiger partial charge in [0, 0.05) is 36.2 Å². The van der Waals surface area contributed by atoms with Crippen LogP contribution in [0.15, 0.2) is 6.20 Å². The Morgan fingerprint density at radius 2 is 2.50 bits per heavy atom. The van der Waals surface area contributed by atoms with Crippen molar-refractivity contribution in [3.63, 3.8) is 0 Å². The largest absolute Gasteiger partial charge is 0.380 e.